The minimum absolute atomic E-state index is 0.144. The lowest BCUT2D eigenvalue weighted by Crippen LogP contribution is -2.21. The Morgan fingerprint density at radius 1 is 1.09 bits per heavy atom. The summed E-state index contributed by atoms with van der Waals surface area (Å²) in [5, 5.41) is 17.4. The number of carboxylic acid groups (broad SMARTS) is 1. The van der Waals surface area contributed by atoms with Gasteiger partial charge in [0, 0.05) is 18.8 Å². The van der Waals surface area contributed by atoms with E-state index in [9.17, 15) is 9.90 Å². The first-order valence-corrected chi connectivity index (χ1v) is 11.6. The molecule has 0 radical (unpaired) electrons. The monoisotopic (exact) mass is 469 g/mol. The molecule has 0 spiro atoms. The number of aliphatic carboxylic acids is 1. The van der Waals surface area contributed by atoms with Gasteiger partial charge in [-0.25, -0.2) is 4.98 Å². The van der Waals surface area contributed by atoms with Crippen molar-refractivity contribution in [2.24, 2.45) is 13.0 Å². The van der Waals surface area contributed by atoms with Crippen LogP contribution >= 0.6 is 0 Å². The van der Waals surface area contributed by atoms with Crippen molar-refractivity contribution in [3.8, 4) is 22.5 Å². The highest BCUT2D eigenvalue weighted by Crippen LogP contribution is 2.54. The first-order valence-electron chi connectivity index (χ1n) is 11.6. The van der Waals surface area contributed by atoms with E-state index in [1.807, 2.05) is 38.2 Å². The third kappa shape index (κ3) is 4.03. The van der Waals surface area contributed by atoms with Crippen molar-refractivity contribution in [2.45, 2.75) is 38.5 Å². The van der Waals surface area contributed by atoms with Gasteiger partial charge in [-0.1, -0.05) is 45.0 Å². The van der Waals surface area contributed by atoms with Crippen molar-refractivity contribution >= 4 is 17.6 Å². The quantitative estimate of drug-likeness (QED) is 0.404. The highest BCUT2D eigenvalue weighted by Gasteiger charge is 2.58. The van der Waals surface area contributed by atoms with Crippen molar-refractivity contribution in [1.82, 2.24) is 29.7 Å². The van der Waals surface area contributed by atoms with Crippen LogP contribution in [0, 0.1) is 5.92 Å². The number of benzene rings is 1. The van der Waals surface area contributed by atoms with Gasteiger partial charge in [0.05, 0.1) is 52.8 Å². The maximum Gasteiger partial charge on any atom is 0.314 e. The lowest BCUT2D eigenvalue weighted by molar-refractivity contribution is -0.140. The van der Waals surface area contributed by atoms with Gasteiger partial charge in [0.25, 0.3) is 0 Å². The van der Waals surface area contributed by atoms with Crippen LogP contribution in [0.5, 0.6) is 0 Å². The molecule has 1 aromatic carbocycles. The fourth-order valence-electron chi connectivity index (χ4n) is 4.42. The zero-order valence-corrected chi connectivity index (χ0v) is 20.1. The Balaban J connectivity index is 1.38. The zero-order chi connectivity index (χ0) is 24.7. The summed E-state index contributed by atoms with van der Waals surface area (Å²) in [7, 11) is 1.85. The number of hydrogen-bond acceptors (Lipinski definition) is 7. The molecule has 9 heteroatoms. The molecule has 1 fully saturated rings. The maximum absolute atomic E-state index is 11.8. The average molecular weight is 470 g/mol. The Morgan fingerprint density at radius 3 is 2.37 bits per heavy atom. The van der Waals surface area contributed by atoms with Crippen molar-refractivity contribution in [3.63, 3.8) is 0 Å². The van der Waals surface area contributed by atoms with Gasteiger partial charge in [-0.2, -0.15) is 5.10 Å². The summed E-state index contributed by atoms with van der Waals surface area (Å²) in [6.07, 6.45) is 9.28. The van der Waals surface area contributed by atoms with Crippen molar-refractivity contribution in [1.29, 1.82) is 0 Å². The molecule has 0 saturated heterocycles. The second-order valence-electron chi connectivity index (χ2n) is 9.39. The molecule has 0 amide bonds. The molecule has 3 heterocycles. The van der Waals surface area contributed by atoms with Crippen molar-refractivity contribution in [3.05, 3.63) is 66.5 Å². The van der Waals surface area contributed by atoms with Crippen LogP contribution in [0.3, 0.4) is 0 Å². The fourth-order valence-corrected chi connectivity index (χ4v) is 4.42. The van der Waals surface area contributed by atoms with Gasteiger partial charge in [0.1, 0.15) is 11.6 Å². The van der Waals surface area contributed by atoms with Crippen LogP contribution in [0.1, 0.15) is 44.4 Å². The molecule has 3 aromatic heterocycles. The van der Waals surface area contributed by atoms with Gasteiger partial charge in [-0.3, -0.25) is 24.4 Å². The van der Waals surface area contributed by atoms with Gasteiger partial charge < -0.3 is 10.4 Å². The molecule has 0 bridgehead atoms. The summed E-state index contributed by atoms with van der Waals surface area (Å²) in [6, 6.07) is 7.59. The average Bonchev–Trinajstić information content (AvgIpc) is 3.44. The Hall–Kier alpha value is -4.14. The molecular formula is C26H27N7O2. The van der Waals surface area contributed by atoms with Crippen LogP contribution in [0.15, 0.2) is 55.2 Å². The smallest absolute Gasteiger partial charge is 0.314 e. The zero-order valence-electron chi connectivity index (χ0n) is 20.1. The molecule has 4 aromatic rings. The van der Waals surface area contributed by atoms with E-state index in [2.05, 4.69) is 44.2 Å². The minimum atomic E-state index is -0.760. The normalized spacial score (nSPS) is 19.1. The number of aromatic nitrogens is 6. The number of aryl methyl sites for hydroxylation is 1. The molecule has 2 unspecified atom stereocenters. The summed E-state index contributed by atoms with van der Waals surface area (Å²) >= 11 is 0. The summed E-state index contributed by atoms with van der Waals surface area (Å²) in [5.74, 6) is 1.03. The summed E-state index contributed by atoms with van der Waals surface area (Å²) in [6.45, 7) is 6.12. The van der Waals surface area contributed by atoms with E-state index in [1.165, 1.54) is 0 Å². The van der Waals surface area contributed by atoms with Gasteiger partial charge in [-0.05, 0) is 23.8 Å². The molecule has 2 atom stereocenters. The van der Waals surface area contributed by atoms with E-state index < -0.39 is 11.4 Å². The van der Waals surface area contributed by atoms with Gasteiger partial charge in [0.2, 0.25) is 0 Å². The van der Waals surface area contributed by atoms with Crippen LogP contribution in [-0.2, 0) is 17.3 Å². The predicted molar refractivity (Wildman–Crippen MR) is 132 cm³/mol. The Bertz CT molecular complexity index is 1380. The van der Waals surface area contributed by atoms with E-state index in [0.29, 0.717) is 23.6 Å². The third-order valence-electron chi connectivity index (χ3n) is 6.74. The molecule has 178 valence electrons. The SMILES string of the molecule is CC(C)c1cncc(Nc2c(-c3cnc(-c4ccc(C5(C(=O)O)CC5C)cc4)cn3)cnn2C)n1. The molecule has 2 N–H and O–H groups in total. The van der Waals surface area contributed by atoms with Crippen LogP contribution < -0.4 is 5.32 Å². The number of carboxylic acids is 1. The van der Waals surface area contributed by atoms with E-state index in [1.54, 1.807) is 35.7 Å². The van der Waals surface area contributed by atoms with Crippen molar-refractivity contribution in [2.75, 3.05) is 5.32 Å². The van der Waals surface area contributed by atoms with Crippen LogP contribution in [0.4, 0.5) is 11.6 Å². The molecular weight excluding hydrogens is 442 g/mol. The number of anilines is 2. The van der Waals surface area contributed by atoms with Gasteiger partial charge in [-0.15, -0.1) is 0 Å². The third-order valence-corrected chi connectivity index (χ3v) is 6.74. The Labute approximate surface area is 203 Å². The number of nitrogens with zero attached hydrogens (tertiary/aromatic N) is 6. The Morgan fingerprint density at radius 2 is 1.77 bits per heavy atom. The summed E-state index contributed by atoms with van der Waals surface area (Å²) in [4.78, 5) is 29.9. The molecule has 1 saturated carbocycles. The largest absolute Gasteiger partial charge is 0.481 e. The number of rotatable bonds is 7. The summed E-state index contributed by atoms with van der Waals surface area (Å²) in [5.41, 5.74) is 4.04. The highest BCUT2D eigenvalue weighted by atomic mass is 16.4. The van der Waals surface area contributed by atoms with Gasteiger partial charge in [0.15, 0.2) is 0 Å². The van der Waals surface area contributed by atoms with Crippen molar-refractivity contribution < 1.29 is 9.90 Å². The minimum Gasteiger partial charge on any atom is -0.481 e. The second-order valence-corrected chi connectivity index (χ2v) is 9.39. The lowest BCUT2D eigenvalue weighted by atomic mass is 9.92. The first kappa shape index (κ1) is 22.6. The number of carbonyl (C=O) groups is 1. The lowest BCUT2D eigenvalue weighted by Gasteiger charge is -2.12. The van der Waals surface area contributed by atoms with Crippen LogP contribution in [-0.4, -0.2) is 40.8 Å². The molecule has 9 nitrogen and oxygen atoms in total. The second kappa shape index (κ2) is 8.57. The fraction of sp³-hybridized carbons (Fsp3) is 0.308. The van der Waals surface area contributed by atoms with E-state index in [4.69, 9.17) is 0 Å². The number of hydrogen-bond donors (Lipinski definition) is 2. The van der Waals surface area contributed by atoms with E-state index in [-0.39, 0.29) is 11.8 Å². The molecule has 35 heavy (non-hydrogen) atoms. The molecule has 1 aliphatic carbocycles. The molecule has 5 rings (SSSR count). The van der Waals surface area contributed by atoms with E-state index >= 15 is 0 Å². The first-order chi connectivity index (χ1) is 16.8. The summed E-state index contributed by atoms with van der Waals surface area (Å²) < 4.78 is 1.73. The number of nitrogens with one attached hydrogen (secondary N) is 1. The standard InChI is InChI=1S/C26H27N7O2/c1-15(2)20-11-27-14-23(31-20)32-24-19(10-30-33(24)4)22-13-28-21(12-29-22)17-5-7-18(8-6-17)26(25(34)35)9-16(26)3/h5-8,10-16H,9H2,1-4H3,(H,31,32)(H,34,35). The molecule has 0 aliphatic heterocycles. The maximum atomic E-state index is 11.8. The predicted octanol–water partition coefficient (Wildman–Crippen LogP) is 4.56. The molecule has 1 aliphatic rings. The Kier molecular flexibility index (Phi) is 5.55. The topological polar surface area (TPSA) is 119 Å². The van der Waals surface area contributed by atoms with E-state index in [0.717, 1.165) is 28.2 Å². The van der Waals surface area contributed by atoms with Crippen LogP contribution in [0.2, 0.25) is 0 Å². The highest BCUT2D eigenvalue weighted by molar-refractivity contribution is 5.86. The van der Waals surface area contributed by atoms with Gasteiger partial charge >= 0.3 is 5.97 Å². The van der Waals surface area contributed by atoms with Crippen LogP contribution in [0.25, 0.3) is 22.5 Å².